The average molecular weight is 397 g/mol. The molecule has 1 aliphatic heterocycles. The molecule has 1 aromatic carbocycles. The molecule has 2 heterocycles. The molecule has 1 aromatic heterocycles. The fraction of sp³-hybridized carbons (Fsp3) is 0.318. The number of hydrogen-bond donors (Lipinski definition) is 2. The van der Waals surface area contributed by atoms with Crippen molar-refractivity contribution in [3.8, 4) is 0 Å². The smallest absolute Gasteiger partial charge is 0.328 e. The van der Waals surface area contributed by atoms with Crippen LogP contribution in [0.25, 0.3) is 0 Å². The van der Waals surface area contributed by atoms with Crippen LogP contribution in [0.5, 0.6) is 0 Å². The van der Waals surface area contributed by atoms with E-state index in [0.29, 0.717) is 24.2 Å². The zero-order valence-electron chi connectivity index (χ0n) is 16.9. The second-order valence-corrected chi connectivity index (χ2v) is 6.93. The van der Waals surface area contributed by atoms with Crippen LogP contribution in [-0.4, -0.2) is 52.2 Å². The Morgan fingerprint density at radius 3 is 2.24 bits per heavy atom. The lowest BCUT2D eigenvalue weighted by atomic mass is 9.96. The van der Waals surface area contributed by atoms with Crippen molar-refractivity contribution in [3.05, 3.63) is 72.1 Å². The summed E-state index contributed by atoms with van der Waals surface area (Å²) in [5.74, 6) is -2.51. The molecule has 0 spiro atoms. The van der Waals surface area contributed by atoms with E-state index in [9.17, 15) is 9.59 Å². The van der Waals surface area contributed by atoms with Gasteiger partial charge in [0.2, 0.25) is 0 Å². The SMILES string of the molecule is CCC(C1c2ccccc2CN1c1ccncc1)N(C)C.O=C(O)/C=C\C(=O)O. The highest BCUT2D eigenvalue weighted by Gasteiger charge is 2.36. The minimum absolute atomic E-state index is 0.406. The number of aromatic nitrogens is 1. The Labute approximate surface area is 170 Å². The van der Waals surface area contributed by atoms with Gasteiger partial charge in [0.05, 0.1) is 6.04 Å². The third kappa shape index (κ3) is 5.89. The van der Waals surface area contributed by atoms with Gasteiger partial charge in [0.15, 0.2) is 0 Å². The van der Waals surface area contributed by atoms with E-state index in [1.807, 2.05) is 12.4 Å². The molecule has 2 aromatic rings. The van der Waals surface area contributed by atoms with Gasteiger partial charge in [-0.15, -0.1) is 0 Å². The average Bonchev–Trinajstić information content (AvgIpc) is 3.07. The maximum Gasteiger partial charge on any atom is 0.328 e. The van der Waals surface area contributed by atoms with E-state index in [4.69, 9.17) is 10.2 Å². The number of hydrogen-bond acceptors (Lipinski definition) is 5. The van der Waals surface area contributed by atoms with Crippen molar-refractivity contribution >= 4 is 17.6 Å². The minimum atomic E-state index is -1.26. The largest absolute Gasteiger partial charge is 0.478 e. The molecule has 29 heavy (non-hydrogen) atoms. The molecule has 154 valence electrons. The summed E-state index contributed by atoms with van der Waals surface area (Å²) < 4.78 is 0. The Bertz CT molecular complexity index is 836. The van der Waals surface area contributed by atoms with Crippen LogP contribution < -0.4 is 4.90 Å². The Hall–Kier alpha value is -3.19. The van der Waals surface area contributed by atoms with Crippen LogP contribution in [0.2, 0.25) is 0 Å². The zero-order valence-corrected chi connectivity index (χ0v) is 16.9. The van der Waals surface area contributed by atoms with Crippen LogP contribution in [0, 0.1) is 0 Å². The van der Waals surface area contributed by atoms with Crippen LogP contribution in [0.4, 0.5) is 5.69 Å². The van der Waals surface area contributed by atoms with Gasteiger partial charge in [0, 0.05) is 42.8 Å². The molecule has 2 N–H and O–H groups in total. The monoisotopic (exact) mass is 397 g/mol. The van der Waals surface area contributed by atoms with Crippen molar-refractivity contribution < 1.29 is 19.8 Å². The van der Waals surface area contributed by atoms with Gasteiger partial charge in [-0.3, -0.25) is 4.98 Å². The Balaban J connectivity index is 0.000000321. The van der Waals surface area contributed by atoms with E-state index in [-0.39, 0.29) is 0 Å². The van der Waals surface area contributed by atoms with E-state index in [1.54, 1.807) is 0 Å². The van der Waals surface area contributed by atoms with E-state index >= 15 is 0 Å². The molecular formula is C22H27N3O4. The molecule has 0 radical (unpaired) electrons. The number of carboxylic acid groups (broad SMARTS) is 2. The van der Waals surface area contributed by atoms with Crippen LogP contribution in [0.1, 0.15) is 30.5 Å². The van der Waals surface area contributed by atoms with E-state index in [2.05, 4.69) is 72.2 Å². The fourth-order valence-electron chi connectivity index (χ4n) is 3.63. The van der Waals surface area contributed by atoms with Crippen LogP contribution in [0.3, 0.4) is 0 Å². The number of aliphatic carboxylic acids is 2. The lowest BCUT2D eigenvalue weighted by molar-refractivity contribution is -0.134. The molecule has 0 fully saturated rings. The number of pyridine rings is 1. The van der Waals surface area contributed by atoms with Gasteiger partial charge < -0.3 is 20.0 Å². The van der Waals surface area contributed by atoms with Gasteiger partial charge in [0.1, 0.15) is 0 Å². The minimum Gasteiger partial charge on any atom is -0.478 e. The molecule has 7 nitrogen and oxygen atoms in total. The summed E-state index contributed by atoms with van der Waals surface area (Å²) in [6.45, 7) is 3.26. The molecule has 0 bridgehead atoms. The first kappa shape index (κ1) is 22.1. The number of carboxylic acids is 2. The summed E-state index contributed by atoms with van der Waals surface area (Å²) in [7, 11) is 4.36. The van der Waals surface area contributed by atoms with Crippen molar-refractivity contribution in [3.63, 3.8) is 0 Å². The number of benzene rings is 1. The fourth-order valence-corrected chi connectivity index (χ4v) is 3.63. The molecule has 2 unspecified atom stereocenters. The first-order valence-corrected chi connectivity index (χ1v) is 9.40. The number of rotatable bonds is 6. The molecule has 2 atom stereocenters. The van der Waals surface area contributed by atoms with Gasteiger partial charge in [0.25, 0.3) is 0 Å². The van der Waals surface area contributed by atoms with Crippen LogP contribution in [-0.2, 0) is 16.1 Å². The topological polar surface area (TPSA) is 94.0 Å². The third-order valence-corrected chi connectivity index (χ3v) is 4.86. The molecule has 0 amide bonds. The third-order valence-electron chi connectivity index (χ3n) is 4.86. The van der Waals surface area contributed by atoms with Gasteiger partial charge in [-0.25, -0.2) is 9.59 Å². The summed E-state index contributed by atoms with van der Waals surface area (Å²) in [5, 5.41) is 15.6. The predicted octanol–water partition coefficient (Wildman–Crippen LogP) is 3.19. The summed E-state index contributed by atoms with van der Waals surface area (Å²) in [6.07, 6.45) is 6.01. The van der Waals surface area contributed by atoms with Crippen molar-refractivity contribution in [2.45, 2.75) is 32.0 Å². The van der Waals surface area contributed by atoms with Crippen molar-refractivity contribution in [2.24, 2.45) is 0 Å². The molecule has 0 aliphatic carbocycles. The van der Waals surface area contributed by atoms with Gasteiger partial charge in [-0.1, -0.05) is 31.2 Å². The first-order valence-electron chi connectivity index (χ1n) is 9.40. The normalized spacial score (nSPS) is 16.3. The van der Waals surface area contributed by atoms with Crippen LogP contribution >= 0.6 is 0 Å². The lowest BCUT2D eigenvalue weighted by Gasteiger charge is -2.37. The number of fused-ring (bicyclic) bond motifs is 1. The number of carbonyl (C=O) groups is 2. The predicted molar refractivity (Wildman–Crippen MR) is 112 cm³/mol. The summed E-state index contributed by atoms with van der Waals surface area (Å²) in [5.41, 5.74) is 4.17. The molecule has 0 saturated heterocycles. The standard InChI is InChI=1S/C18H23N3.C4H4O4/c1-4-17(20(2)3)18-16-8-6-5-7-14(16)13-21(18)15-9-11-19-12-10-15;5-3(6)1-2-4(7)8/h5-12,17-18H,4,13H2,1-3H3;1-2H,(H,5,6)(H,7,8)/b;2-1-. The van der Waals surface area contributed by atoms with Crippen LogP contribution in [0.15, 0.2) is 60.9 Å². The van der Waals surface area contributed by atoms with Crippen molar-refractivity contribution in [1.29, 1.82) is 0 Å². The molecule has 0 saturated carbocycles. The number of likely N-dealkylation sites (N-methyl/N-ethyl adjacent to an activating group) is 1. The second-order valence-electron chi connectivity index (χ2n) is 6.93. The summed E-state index contributed by atoms with van der Waals surface area (Å²) in [4.78, 5) is 28.1. The quantitative estimate of drug-likeness (QED) is 0.723. The Morgan fingerprint density at radius 2 is 1.72 bits per heavy atom. The van der Waals surface area contributed by atoms with Crippen molar-refractivity contribution in [2.75, 3.05) is 19.0 Å². The molecular weight excluding hydrogens is 370 g/mol. The maximum absolute atomic E-state index is 9.55. The Morgan fingerprint density at radius 1 is 1.14 bits per heavy atom. The molecule has 3 rings (SSSR count). The second kappa shape index (κ2) is 10.4. The highest BCUT2D eigenvalue weighted by atomic mass is 16.4. The van der Waals surface area contributed by atoms with E-state index in [1.165, 1.54) is 16.8 Å². The number of anilines is 1. The highest BCUT2D eigenvalue weighted by molar-refractivity contribution is 5.89. The maximum atomic E-state index is 9.55. The van der Waals surface area contributed by atoms with Crippen molar-refractivity contribution in [1.82, 2.24) is 9.88 Å². The van der Waals surface area contributed by atoms with E-state index < -0.39 is 11.9 Å². The number of nitrogens with zero attached hydrogens (tertiary/aromatic N) is 3. The summed E-state index contributed by atoms with van der Waals surface area (Å²) in [6, 6.07) is 14.0. The van der Waals surface area contributed by atoms with E-state index in [0.717, 1.165) is 13.0 Å². The molecule has 1 aliphatic rings. The van der Waals surface area contributed by atoms with Gasteiger partial charge in [-0.05, 0) is 43.8 Å². The van der Waals surface area contributed by atoms with Gasteiger partial charge >= 0.3 is 11.9 Å². The highest BCUT2D eigenvalue weighted by Crippen LogP contribution is 2.41. The summed E-state index contributed by atoms with van der Waals surface area (Å²) >= 11 is 0. The lowest BCUT2D eigenvalue weighted by Crippen LogP contribution is -2.40. The molecule has 7 heteroatoms. The Kier molecular flexibility index (Phi) is 7.91. The zero-order chi connectivity index (χ0) is 21.4. The first-order chi connectivity index (χ1) is 13.8. The van der Waals surface area contributed by atoms with Gasteiger partial charge in [-0.2, -0.15) is 0 Å².